The van der Waals surface area contributed by atoms with Crippen LogP contribution in [0.15, 0.2) is 41.1 Å². The number of pyridine rings is 1. The van der Waals surface area contributed by atoms with E-state index in [9.17, 15) is 4.79 Å². The van der Waals surface area contributed by atoms with Crippen LogP contribution in [0.5, 0.6) is 0 Å². The molecule has 0 radical (unpaired) electrons. The summed E-state index contributed by atoms with van der Waals surface area (Å²) in [5.41, 5.74) is 10.5. The highest BCUT2D eigenvalue weighted by atomic mass is 16.5. The SMILES string of the molecule is CC(=O)N1CCN(c2cc(-c3noc(-c4ccc5c(c4)CCCC5N)n3)ccn2)CC1. The fourth-order valence-electron chi connectivity index (χ4n) is 4.42. The number of fused-ring (bicyclic) bond motifs is 1. The molecule has 2 N–H and O–H groups in total. The zero-order valence-electron chi connectivity index (χ0n) is 17.6. The van der Waals surface area contributed by atoms with Gasteiger partial charge < -0.3 is 20.1 Å². The zero-order chi connectivity index (χ0) is 21.4. The van der Waals surface area contributed by atoms with Gasteiger partial charge in [-0.05, 0) is 54.7 Å². The molecule has 8 nitrogen and oxygen atoms in total. The number of carbonyl (C=O) groups is 1. The first-order chi connectivity index (χ1) is 15.1. The molecular weight excluding hydrogens is 392 g/mol. The number of benzene rings is 1. The number of amides is 1. The lowest BCUT2D eigenvalue weighted by molar-refractivity contribution is -0.129. The highest BCUT2D eigenvalue weighted by Gasteiger charge is 2.21. The minimum Gasteiger partial charge on any atom is -0.353 e. The number of carbonyl (C=O) groups excluding carboxylic acids is 1. The van der Waals surface area contributed by atoms with Crippen molar-refractivity contribution in [2.45, 2.75) is 32.2 Å². The van der Waals surface area contributed by atoms with E-state index in [1.165, 1.54) is 11.1 Å². The Morgan fingerprint density at radius 1 is 1.13 bits per heavy atom. The van der Waals surface area contributed by atoms with E-state index in [1.807, 2.05) is 23.1 Å². The number of anilines is 1. The topological polar surface area (TPSA) is 101 Å². The van der Waals surface area contributed by atoms with Gasteiger partial charge in [0.15, 0.2) is 0 Å². The molecule has 1 amide bonds. The molecule has 8 heteroatoms. The standard InChI is InChI=1S/C23H26N6O2/c1-15(30)28-9-11-29(12-10-28)21-14-17(7-8-25-21)22-26-23(31-27-22)18-5-6-19-16(13-18)3-2-4-20(19)24/h5-8,13-14,20H,2-4,9-12,24H2,1H3. The molecule has 2 aliphatic rings. The number of rotatable bonds is 3. The third kappa shape index (κ3) is 3.90. The van der Waals surface area contributed by atoms with Crippen LogP contribution in [-0.2, 0) is 11.2 Å². The van der Waals surface area contributed by atoms with Gasteiger partial charge in [0.2, 0.25) is 11.7 Å². The Balaban J connectivity index is 1.36. The molecule has 5 rings (SSSR count). The van der Waals surface area contributed by atoms with Crippen LogP contribution in [-0.4, -0.2) is 52.1 Å². The maximum atomic E-state index is 11.6. The fourth-order valence-corrected chi connectivity index (χ4v) is 4.42. The fraction of sp³-hybridized carbons (Fsp3) is 0.391. The van der Waals surface area contributed by atoms with Crippen molar-refractivity contribution in [3.8, 4) is 22.8 Å². The second-order valence-electron chi connectivity index (χ2n) is 8.23. The first-order valence-corrected chi connectivity index (χ1v) is 10.8. The van der Waals surface area contributed by atoms with Crippen molar-refractivity contribution in [2.24, 2.45) is 5.73 Å². The van der Waals surface area contributed by atoms with E-state index in [1.54, 1.807) is 13.1 Å². The van der Waals surface area contributed by atoms with Crippen molar-refractivity contribution in [3.63, 3.8) is 0 Å². The lowest BCUT2D eigenvalue weighted by Gasteiger charge is -2.34. The van der Waals surface area contributed by atoms with E-state index in [4.69, 9.17) is 10.3 Å². The van der Waals surface area contributed by atoms with Crippen LogP contribution in [0.1, 0.15) is 36.9 Å². The number of hydrogen-bond donors (Lipinski definition) is 1. The van der Waals surface area contributed by atoms with Gasteiger partial charge in [-0.25, -0.2) is 4.98 Å². The highest BCUT2D eigenvalue weighted by Crippen LogP contribution is 2.32. The summed E-state index contributed by atoms with van der Waals surface area (Å²) in [4.78, 5) is 24.7. The summed E-state index contributed by atoms with van der Waals surface area (Å²) < 4.78 is 5.58. The summed E-state index contributed by atoms with van der Waals surface area (Å²) >= 11 is 0. The van der Waals surface area contributed by atoms with Gasteiger partial charge in [0.25, 0.3) is 5.89 Å². The van der Waals surface area contributed by atoms with Crippen molar-refractivity contribution in [2.75, 3.05) is 31.1 Å². The molecule has 1 aromatic carbocycles. The Morgan fingerprint density at radius 2 is 1.97 bits per heavy atom. The second kappa shape index (κ2) is 8.11. The Morgan fingerprint density at radius 3 is 2.77 bits per heavy atom. The molecule has 0 bridgehead atoms. The lowest BCUT2D eigenvalue weighted by atomic mass is 9.87. The van der Waals surface area contributed by atoms with E-state index < -0.39 is 0 Å². The average molecular weight is 419 g/mol. The van der Waals surface area contributed by atoms with E-state index >= 15 is 0 Å². The number of piperazine rings is 1. The Labute approximate surface area is 181 Å². The molecule has 2 aromatic heterocycles. The number of aromatic nitrogens is 3. The van der Waals surface area contributed by atoms with Crippen LogP contribution >= 0.6 is 0 Å². The molecule has 1 atom stereocenters. The largest absolute Gasteiger partial charge is 0.353 e. The molecular formula is C23H26N6O2. The third-order valence-corrected chi connectivity index (χ3v) is 6.23. The summed E-state index contributed by atoms with van der Waals surface area (Å²) in [6.07, 6.45) is 4.93. The maximum absolute atomic E-state index is 11.6. The Hall–Kier alpha value is -3.26. The highest BCUT2D eigenvalue weighted by molar-refractivity contribution is 5.73. The molecule has 3 heterocycles. The predicted octanol–water partition coefficient (Wildman–Crippen LogP) is 2.80. The molecule has 0 saturated carbocycles. The normalized spacial score (nSPS) is 18.7. The number of nitrogens with two attached hydrogens (primary N) is 1. The number of aryl methyl sites for hydroxylation is 1. The van der Waals surface area contributed by atoms with E-state index in [-0.39, 0.29) is 11.9 Å². The molecule has 1 unspecified atom stereocenters. The van der Waals surface area contributed by atoms with Crippen LogP contribution in [0.4, 0.5) is 5.82 Å². The van der Waals surface area contributed by atoms with Gasteiger partial charge in [0, 0.05) is 56.5 Å². The van der Waals surface area contributed by atoms with Crippen LogP contribution in [0.25, 0.3) is 22.8 Å². The molecule has 0 spiro atoms. The van der Waals surface area contributed by atoms with Crippen LogP contribution in [0.3, 0.4) is 0 Å². The first kappa shape index (κ1) is 19.7. The number of hydrogen-bond acceptors (Lipinski definition) is 7. The first-order valence-electron chi connectivity index (χ1n) is 10.8. The van der Waals surface area contributed by atoms with Crippen molar-refractivity contribution < 1.29 is 9.32 Å². The summed E-state index contributed by atoms with van der Waals surface area (Å²) in [5.74, 6) is 2.01. The van der Waals surface area contributed by atoms with Gasteiger partial charge in [-0.2, -0.15) is 4.98 Å². The van der Waals surface area contributed by atoms with Crippen LogP contribution in [0.2, 0.25) is 0 Å². The minimum atomic E-state index is 0.114. The summed E-state index contributed by atoms with van der Waals surface area (Å²) in [5, 5.41) is 4.20. The molecule has 1 aliphatic heterocycles. The van der Waals surface area contributed by atoms with E-state index in [2.05, 4.69) is 32.2 Å². The molecule has 1 saturated heterocycles. The Kier molecular flexibility index (Phi) is 5.15. The van der Waals surface area contributed by atoms with Crippen LogP contribution in [0, 0.1) is 0 Å². The van der Waals surface area contributed by atoms with E-state index in [0.717, 1.165) is 49.3 Å². The van der Waals surface area contributed by atoms with Crippen molar-refractivity contribution in [1.82, 2.24) is 20.0 Å². The monoisotopic (exact) mass is 418 g/mol. The van der Waals surface area contributed by atoms with E-state index in [0.29, 0.717) is 24.8 Å². The Bertz CT molecular complexity index is 1100. The average Bonchev–Trinajstić information content (AvgIpc) is 3.30. The smallest absolute Gasteiger partial charge is 0.258 e. The molecule has 3 aromatic rings. The van der Waals surface area contributed by atoms with Crippen molar-refractivity contribution in [3.05, 3.63) is 47.7 Å². The third-order valence-electron chi connectivity index (χ3n) is 6.23. The summed E-state index contributed by atoms with van der Waals surface area (Å²) in [6.45, 7) is 4.53. The summed E-state index contributed by atoms with van der Waals surface area (Å²) in [6, 6.07) is 10.2. The molecule has 160 valence electrons. The molecule has 31 heavy (non-hydrogen) atoms. The minimum absolute atomic E-state index is 0.114. The van der Waals surface area contributed by atoms with Gasteiger partial charge in [0.1, 0.15) is 5.82 Å². The van der Waals surface area contributed by atoms with Gasteiger partial charge in [-0.15, -0.1) is 0 Å². The van der Waals surface area contributed by atoms with Gasteiger partial charge in [0.05, 0.1) is 0 Å². The second-order valence-corrected chi connectivity index (χ2v) is 8.23. The van der Waals surface area contributed by atoms with Crippen molar-refractivity contribution >= 4 is 11.7 Å². The van der Waals surface area contributed by atoms with Gasteiger partial charge in [-0.1, -0.05) is 11.2 Å². The van der Waals surface area contributed by atoms with Crippen molar-refractivity contribution in [1.29, 1.82) is 0 Å². The lowest BCUT2D eigenvalue weighted by Crippen LogP contribution is -2.48. The molecule has 1 fully saturated rings. The quantitative estimate of drug-likeness (QED) is 0.698. The van der Waals surface area contributed by atoms with Crippen LogP contribution < -0.4 is 10.6 Å². The molecule has 1 aliphatic carbocycles. The maximum Gasteiger partial charge on any atom is 0.258 e. The number of nitrogens with zero attached hydrogens (tertiary/aromatic N) is 5. The zero-order valence-corrected chi connectivity index (χ0v) is 17.6. The van der Waals surface area contributed by atoms with Gasteiger partial charge in [-0.3, -0.25) is 4.79 Å². The summed E-state index contributed by atoms with van der Waals surface area (Å²) in [7, 11) is 0. The predicted molar refractivity (Wildman–Crippen MR) is 117 cm³/mol. The van der Waals surface area contributed by atoms with Gasteiger partial charge >= 0.3 is 0 Å².